The summed E-state index contributed by atoms with van der Waals surface area (Å²) >= 11 is 0. The molecule has 25 heavy (non-hydrogen) atoms. The Bertz CT molecular complexity index is 642. The molecular weight excluding hydrogens is 314 g/mol. The van der Waals surface area contributed by atoms with Crippen LogP contribution in [0.1, 0.15) is 37.8 Å². The Kier molecular flexibility index (Phi) is 5.74. The first-order chi connectivity index (χ1) is 12.0. The molecule has 1 aliphatic heterocycles. The third-order valence-corrected chi connectivity index (χ3v) is 5.14. The molecule has 1 fully saturated rings. The molecule has 0 aromatic heterocycles. The number of hydrogen-bond donors (Lipinski definition) is 3. The predicted octanol–water partition coefficient (Wildman–Crippen LogP) is 2.11. The highest BCUT2D eigenvalue weighted by Gasteiger charge is 2.31. The molecule has 1 aliphatic carbocycles. The molecule has 136 valence electrons. The van der Waals surface area contributed by atoms with Gasteiger partial charge < -0.3 is 16.0 Å². The summed E-state index contributed by atoms with van der Waals surface area (Å²) in [5, 5.41) is 9.26. The van der Waals surface area contributed by atoms with Crippen molar-refractivity contribution in [3.05, 3.63) is 29.3 Å². The summed E-state index contributed by atoms with van der Waals surface area (Å²) in [4.78, 5) is 24.9. The molecule has 2 atom stereocenters. The molecule has 5 nitrogen and oxygen atoms in total. The van der Waals surface area contributed by atoms with Crippen LogP contribution in [-0.2, 0) is 22.4 Å². The van der Waals surface area contributed by atoms with E-state index >= 15 is 0 Å². The molecule has 0 saturated carbocycles. The maximum Gasteiger partial charge on any atom is 0.228 e. The molecule has 3 rings (SSSR count). The van der Waals surface area contributed by atoms with Gasteiger partial charge in [0.1, 0.15) is 0 Å². The number of nitrogens with one attached hydrogen (secondary N) is 3. The van der Waals surface area contributed by atoms with E-state index in [9.17, 15) is 9.59 Å². The van der Waals surface area contributed by atoms with Crippen molar-refractivity contribution >= 4 is 17.5 Å². The average molecular weight is 343 g/mol. The highest BCUT2D eigenvalue weighted by molar-refractivity contribution is 5.93. The summed E-state index contributed by atoms with van der Waals surface area (Å²) in [6, 6.07) is 6.22. The zero-order valence-electron chi connectivity index (χ0n) is 15.2. The van der Waals surface area contributed by atoms with Crippen molar-refractivity contribution in [3.63, 3.8) is 0 Å². The monoisotopic (exact) mass is 343 g/mol. The predicted molar refractivity (Wildman–Crippen MR) is 99.4 cm³/mol. The van der Waals surface area contributed by atoms with Crippen LogP contribution in [0.5, 0.6) is 0 Å². The van der Waals surface area contributed by atoms with Gasteiger partial charge in [-0.2, -0.15) is 0 Å². The highest BCUT2D eigenvalue weighted by atomic mass is 16.2. The second kappa shape index (κ2) is 8.00. The van der Waals surface area contributed by atoms with E-state index in [0.29, 0.717) is 32.0 Å². The highest BCUT2D eigenvalue weighted by Crippen LogP contribution is 2.26. The SMILES string of the molecule is CC(C)CNC(=O)[C@@H]1CNC[C@H](C(=O)Nc2ccc3c(c2)CCC3)C1. The first-order valence-corrected chi connectivity index (χ1v) is 9.44. The largest absolute Gasteiger partial charge is 0.356 e. The number of hydrogen-bond acceptors (Lipinski definition) is 3. The molecule has 0 unspecified atom stereocenters. The van der Waals surface area contributed by atoms with Crippen molar-refractivity contribution < 1.29 is 9.59 Å². The molecule has 1 saturated heterocycles. The second-order valence-electron chi connectivity index (χ2n) is 7.75. The van der Waals surface area contributed by atoms with E-state index in [1.807, 2.05) is 6.07 Å². The molecule has 0 spiro atoms. The number of anilines is 1. The Morgan fingerprint density at radius 1 is 1.12 bits per heavy atom. The van der Waals surface area contributed by atoms with Crippen LogP contribution in [0, 0.1) is 17.8 Å². The van der Waals surface area contributed by atoms with Gasteiger partial charge in [0, 0.05) is 25.3 Å². The van der Waals surface area contributed by atoms with Crippen molar-refractivity contribution in [1.82, 2.24) is 10.6 Å². The minimum absolute atomic E-state index is 0.00630. The zero-order chi connectivity index (χ0) is 17.8. The topological polar surface area (TPSA) is 70.2 Å². The number of carbonyl (C=O) groups excluding carboxylic acids is 2. The molecular formula is C20H29N3O2. The van der Waals surface area contributed by atoms with Crippen LogP contribution in [0.2, 0.25) is 0 Å². The molecule has 2 amide bonds. The summed E-state index contributed by atoms with van der Waals surface area (Å²) in [6.45, 7) is 6.11. The fourth-order valence-electron chi connectivity index (χ4n) is 3.68. The van der Waals surface area contributed by atoms with Gasteiger partial charge in [-0.05, 0) is 54.9 Å². The lowest BCUT2D eigenvalue weighted by Gasteiger charge is -2.28. The molecule has 1 heterocycles. The van der Waals surface area contributed by atoms with Crippen molar-refractivity contribution in [2.45, 2.75) is 39.5 Å². The van der Waals surface area contributed by atoms with E-state index in [-0.39, 0.29) is 23.7 Å². The average Bonchev–Trinajstić information content (AvgIpc) is 3.07. The summed E-state index contributed by atoms with van der Waals surface area (Å²) < 4.78 is 0. The lowest BCUT2D eigenvalue weighted by Crippen LogP contribution is -2.47. The van der Waals surface area contributed by atoms with Gasteiger partial charge in [0.2, 0.25) is 11.8 Å². The summed E-state index contributed by atoms with van der Waals surface area (Å²) in [7, 11) is 0. The van der Waals surface area contributed by atoms with Crippen molar-refractivity contribution in [3.8, 4) is 0 Å². The standard InChI is InChI=1S/C20H29N3O2/c1-13(2)10-22-19(24)16-8-17(12-21-11-16)20(25)23-18-7-6-14-4-3-5-15(14)9-18/h6-7,9,13,16-17,21H,3-5,8,10-12H2,1-2H3,(H,22,24)(H,23,25)/t16-,17+/m0/s1. The number of amides is 2. The fourth-order valence-corrected chi connectivity index (χ4v) is 3.68. The lowest BCUT2D eigenvalue weighted by atomic mass is 9.89. The summed E-state index contributed by atoms with van der Waals surface area (Å²) in [6.07, 6.45) is 4.05. The molecule has 1 aromatic rings. The number of aryl methyl sites for hydroxylation is 2. The van der Waals surface area contributed by atoms with Crippen LogP contribution in [0.25, 0.3) is 0 Å². The van der Waals surface area contributed by atoms with Gasteiger partial charge in [-0.3, -0.25) is 9.59 Å². The Labute approximate surface area is 150 Å². The second-order valence-corrected chi connectivity index (χ2v) is 7.75. The van der Waals surface area contributed by atoms with Gasteiger partial charge in [0.05, 0.1) is 11.8 Å². The molecule has 0 bridgehead atoms. The number of rotatable bonds is 5. The van der Waals surface area contributed by atoms with Crippen molar-refractivity contribution in [1.29, 1.82) is 0 Å². The Morgan fingerprint density at radius 2 is 1.84 bits per heavy atom. The van der Waals surface area contributed by atoms with Crippen LogP contribution in [0.4, 0.5) is 5.69 Å². The summed E-state index contributed by atoms with van der Waals surface area (Å²) in [5.74, 6) is 0.183. The third-order valence-electron chi connectivity index (χ3n) is 5.14. The molecule has 3 N–H and O–H groups in total. The smallest absolute Gasteiger partial charge is 0.228 e. The van der Waals surface area contributed by atoms with Gasteiger partial charge in [-0.15, -0.1) is 0 Å². The Balaban J connectivity index is 1.55. The van der Waals surface area contributed by atoms with Gasteiger partial charge in [-0.25, -0.2) is 0 Å². The van der Waals surface area contributed by atoms with Gasteiger partial charge >= 0.3 is 0 Å². The number of piperidine rings is 1. The van der Waals surface area contributed by atoms with Crippen LogP contribution in [0.15, 0.2) is 18.2 Å². The van der Waals surface area contributed by atoms with Gasteiger partial charge in [0.15, 0.2) is 0 Å². The van der Waals surface area contributed by atoms with E-state index in [0.717, 1.165) is 18.5 Å². The number of benzene rings is 1. The van der Waals surface area contributed by atoms with Gasteiger partial charge in [-0.1, -0.05) is 19.9 Å². The molecule has 5 heteroatoms. The van der Waals surface area contributed by atoms with E-state index in [1.54, 1.807) is 0 Å². The number of fused-ring (bicyclic) bond motifs is 1. The van der Waals surface area contributed by atoms with Crippen molar-refractivity contribution in [2.24, 2.45) is 17.8 Å². The maximum absolute atomic E-state index is 12.6. The summed E-state index contributed by atoms with van der Waals surface area (Å²) in [5.41, 5.74) is 3.63. The van der Waals surface area contributed by atoms with Crippen LogP contribution >= 0.6 is 0 Å². The van der Waals surface area contributed by atoms with Crippen LogP contribution in [-0.4, -0.2) is 31.4 Å². The van der Waals surface area contributed by atoms with E-state index < -0.39 is 0 Å². The lowest BCUT2D eigenvalue weighted by molar-refractivity contribution is -0.127. The van der Waals surface area contributed by atoms with E-state index in [2.05, 4.69) is 41.9 Å². The normalized spacial score (nSPS) is 22.5. The van der Waals surface area contributed by atoms with Crippen LogP contribution in [0.3, 0.4) is 0 Å². The molecule has 1 aromatic carbocycles. The molecule has 2 aliphatic rings. The first-order valence-electron chi connectivity index (χ1n) is 9.44. The first kappa shape index (κ1) is 17.9. The van der Waals surface area contributed by atoms with Crippen molar-refractivity contribution in [2.75, 3.05) is 25.0 Å². The third kappa shape index (κ3) is 4.60. The Morgan fingerprint density at radius 3 is 2.60 bits per heavy atom. The minimum Gasteiger partial charge on any atom is -0.356 e. The molecule has 0 radical (unpaired) electrons. The quantitative estimate of drug-likeness (QED) is 0.767. The van der Waals surface area contributed by atoms with E-state index in [1.165, 1.54) is 17.5 Å². The zero-order valence-corrected chi connectivity index (χ0v) is 15.2. The van der Waals surface area contributed by atoms with E-state index in [4.69, 9.17) is 0 Å². The fraction of sp³-hybridized carbons (Fsp3) is 0.600. The minimum atomic E-state index is -0.170. The Hall–Kier alpha value is -1.88. The number of carbonyl (C=O) groups is 2. The maximum atomic E-state index is 12.6. The van der Waals surface area contributed by atoms with Crippen LogP contribution < -0.4 is 16.0 Å². The van der Waals surface area contributed by atoms with Gasteiger partial charge in [0.25, 0.3) is 0 Å².